The molecule has 0 unspecified atom stereocenters. The van der Waals surface area contributed by atoms with Crippen LogP contribution in [0.2, 0.25) is 0 Å². The molecule has 1 fully saturated rings. The summed E-state index contributed by atoms with van der Waals surface area (Å²) >= 11 is 0. The van der Waals surface area contributed by atoms with Crippen molar-refractivity contribution in [2.24, 2.45) is 0 Å². The lowest BCUT2D eigenvalue weighted by Gasteiger charge is -2.40. The van der Waals surface area contributed by atoms with E-state index < -0.39 is 0 Å². The molecule has 16 heavy (non-hydrogen) atoms. The van der Waals surface area contributed by atoms with Crippen LogP contribution in [0.5, 0.6) is 0 Å². The second-order valence-electron chi connectivity index (χ2n) is 5.25. The normalized spacial score (nSPS) is 19.8. The summed E-state index contributed by atoms with van der Waals surface area (Å²) in [7, 11) is 0. The first-order chi connectivity index (χ1) is 7.61. The highest BCUT2D eigenvalue weighted by Crippen LogP contribution is 2.20. The summed E-state index contributed by atoms with van der Waals surface area (Å²) in [5.41, 5.74) is 2.99. The predicted octanol–water partition coefficient (Wildman–Crippen LogP) is 2.44. The minimum absolute atomic E-state index is 0.224. The molecule has 0 spiro atoms. The molecule has 0 aromatic heterocycles. The Labute approximate surface area is 98.7 Å². The first-order valence-electron chi connectivity index (χ1n) is 6.20. The molecule has 2 heteroatoms. The fraction of sp³-hybridized carbons (Fsp3) is 0.571. The summed E-state index contributed by atoms with van der Waals surface area (Å²) in [5, 5.41) is 3.54. The molecule has 0 saturated carbocycles. The van der Waals surface area contributed by atoms with E-state index in [0.717, 1.165) is 26.1 Å². The molecule has 0 aliphatic carbocycles. The van der Waals surface area contributed by atoms with Gasteiger partial charge < -0.3 is 10.2 Å². The van der Waals surface area contributed by atoms with Gasteiger partial charge in [0.05, 0.1) is 0 Å². The maximum atomic E-state index is 3.54. The van der Waals surface area contributed by atoms with Crippen LogP contribution in [0.25, 0.3) is 0 Å². The van der Waals surface area contributed by atoms with E-state index in [1.54, 1.807) is 0 Å². The third-order valence-electron chi connectivity index (χ3n) is 3.28. The lowest BCUT2D eigenvalue weighted by molar-refractivity contribution is 0.353. The summed E-state index contributed by atoms with van der Waals surface area (Å²) in [5.74, 6) is 0. The van der Waals surface area contributed by atoms with Gasteiger partial charge in [-0.25, -0.2) is 0 Å². The maximum absolute atomic E-state index is 3.54. The van der Waals surface area contributed by atoms with E-state index in [1.807, 2.05) is 0 Å². The molecule has 1 heterocycles. The fourth-order valence-corrected chi connectivity index (χ4v) is 2.30. The van der Waals surface area contributed by atoms with Gasteiger partial charge in [-0.05, 0) is 38.0 Å². The van der Waals surface area contributed by atoms with E-state index in [9.17, 15) is 0 Å². The first-order valence-corrected chi connectivity index (χ1v) is 6.20. The molecule has 0 atom stereocenters. The number of hydrogen-bond donors (Lipinski definition) is 1. The Morgan fingerprint density at radius 1 is 1.25 bits per heavy atom. The van der Waals surface area contributed by atoms with Crippen molar-refractivity contribution in [2.45, 2.75) is 32.7 Å². The van der Waals surface area contributed by atoms with Crippen LogP contribution in [-0.2, 0) is 6.42 Å². The van der Waals surface area contributed by atoms with Gasteiger partial charge in [0.2, 0.25) is 0 Å². The predicted molar refractivity (Wildman–Crippen MR) is 70.1 cm³/mol. The highest BCUT2D eigenvalue weighted by molar-refractivity contribution is 5.48. The highest BCUT2D eigenvalue weighted by atomic mass is 15.2. The second kappa shape index (κ2) is 4.46. The summed E-state index contributed by atoms with van der Waals surface area (Å²) in [4.78, 5) is 2.47. The maximum Gasteiger partial charge on any atom is 0.0367 e. The van der Waals surface area contributed by atoms with E-state index in [4.69, 9.17) is 0 Å². The van der Waals surface area contributed by atoms with Crippen molar-refractivity contribution in [1.82, 2.24) is 5.32 Å². The highest BCUT2D eigenvalue weighted by Gasteiger charge is 2.25. The molecular weight excluding hydrogens is 196 g/mol. The van der Waals surface area contributed by atoms with Crippen molar-refractivity contribution in [1.29, 1.82) is 0 Å². The molecule has 1 N–H and O–H groups in total. The van der Waals surface area contributed by atoms with E-state index in [2.05, 4.69) is 55.3 Å². The molecule has 2 nitrogen and oxygen atoms in total. The van der Waals surface area contributed by atoms with Gasteiger partial charge in [0.25, 0.3) is 0 Å². The molecular formula is C14H22N2. The van der Waals surface area contributed by atoms with Gasteiger partial charge in [-0.3, -0.25) is 0 Å². The number of hydrogen-bond acceptors (Lipinski definition) is 2. The molecule has 1 aromatic carbocycles. The molecule has 1 aromatic rings. The molecule has 0 amide bonds. The van der Waals surface area contributed by atoms with Crippen molar-refractivity contribution in [2.75, 3.05) is 24.5 Å². The van der Waals surface area contributed by atoms with Crippen LogP contribution in [0.3, 0.4) is 0 Å². The van der Waals surface area contributed by atoms with Crippen LogP contribution in [0.1, 0.15) is 26.3 Å². The molecule has 1 aliphatic heterocycles. The van der Waals surface area contributed by atoms with E-state index in [-0.39, 0.29) is 5.54 Å². The number of nitrogens with zero attached hydrogens (tertiary/aromatic N) is 1. The third kappa shape index (κ3) is 2.56. The Morgan fingerprint density at radius 2 is 1.94 bits per heavy atom. The smallest absolute Gasteiger partial charge is 0.0367 e. The Hall–Kier alpha value is -1.02. The van der Waals surface area contributed by atoms with Gasteiger partial charge in [-0.15, -0.1) is 0 Å². The van der Waals surface area contributed by atoms with Crippen molar-refractivity contribution >= 4 is 5.69 Å². The average molecular weight is 218 g/mol. The summed E-state index contributed by atoms with van der Waals surface area (Å²) in [6, 6.07) is 8.98. The van der Waals surface area contributed by atoms with Crippen molar-refractivity contribution < 1.29 is 0 Å². The number of aryl methyl sites for hydroxylation is 1. The Morgan fingerprint density at radius 3 is 2.50 bits per heavy atom. The second-order valence-corrected chi connectivity index (χ2v) is 5.25. The van der Waals surface area contributed by atoms with Crippen LogP contribution in [0.15, 0.2) is 24.3 Å². The molecule has 0 bridgehead atoms. The third-order valence-corrected chi connectivity index (χ3v) is 3.28. The average Bonchev–Trinajstić information content (AvgIpc) is 2.28. The SMILES string of the molecule is CCc1ccc(N2CCNC(C)(C)C2)cc1. The van der Waals surface area contributed by atoms with Gasteiger partial charge in [-0.2, -0.15) is 0 Å². The standard InChI is InChI=1S/C14H22N2/c1-4-12-5-7-13(8-6-12)16-10-9-15-14(2,3)11-16/h5-8,15H,4,9-11H2,1-3H3. The fourth-order valence-electron chi connectivity index (χ4n) is 2.30. The molecule has 2 rings (SSSR count). The number of anilines is 1. The molecule has 0 radical (unpaired) electrons. The van der Waals surface area contributed by atoms with Gasteiger partial charge in [0, 0.05) is 30.9 Å². The van der Waals surface area contributed by atoms with E-state index in [0.29, 0.717) is 0 Å². The Balaban J connectivity index is 2.11. The van der Waals surface area contributed by atoms with Crippen LogP contribution in [0, 0.1) is 0 Å². The number of nitrogens with one attached hydrogen (secondary N) is 1. The largest absolute Gasteiger partial charge is 0.368 e. The minimum Gasteiger partial charge on any atom is -0.368 e. The summed E-state index contributed by atoms with van der Waals surface area (Å²) < 4.78 is 0. The van der Waals surface area contributed by atoms with Crippen LogP contribution in [0.4, 0.5) is 5.69 Å². The van der Waals surface area contributed by atoms with Crippen molar-refractivity contribution in [3.8, 4) is 0 Å². The quantitative estimate of drug-likeness (QED) is 0.820. The van der Waals surface area contributed by atoms with Crippen molar-refractivity contribution in [3.05, 3.63) is 29.8 Å². The van der Waals surface area contributed by atoms with Crippen molar-refractivity contribution in [3.63, 3.8) is 0 Å². The van der Waals surface area contributed by atoms with Crippen LogP contribution in [-0.4, -0.2) is 25.2 Å². The Bertz CT molecular complexity index is 340. The molecule has 1 saturated heterocycles. The van der Waals surface area contributed by atoms with Gasteiger partial charge in [0.15, 0.2) is 0 Å². The zero-order chi connectivity index (χ0) is 11.6. The van der Waals surface area contributed by atoms with E-state index in [1.165, 1.54) is 11.3 Å². The minimum atomic E-state index is 0.224. The van der Waals surface area contributed by atoms with Crippen LogP contribution < -0.4 is 10.2 Å². The first kappa shape index (κ1) is 11.5. The monoisotopic (exact) mass is 218 g/mol. The lowest BCUT2D eigenvalue weighted by Crippen LogP contribution is -2.57. The molecule has 1 aliphatic rings. The van der Waals surface area contributed by atoms with E-state index >= 15 is 0 Å². The van der Waals surface area contributed by atoms with Gasteiger partial charge >= 0.3 is 0 Å². The number of rotatable bonds is 2. The number of piperazine rings is 1. The zero-order valence-electron chi connectivity index (χ0n) is 10.6. The van der Waals surface area contributed by atoms with Gasteiger partial charge in [0.1, 0.15) is 0 Å². The van der Waals surface area contributed by atoms with Gasteiger partial charge in [-0.1, -0.05) is 19.1 Å². The molecule has 88 valence electrons. The zero-order valence-corrected chi connectivity index (χ0v) is 10.6. The topological polar surface area (TPSA) is 15.3 Å². The van der Waals surface area contributed by atoms with Crippen LogP contribution >= 0.6 is 0 Å². The number of benzene rings is 1. The summed E-state index contributed by atoms with van der Waals surface area (Å²) in [6.45, 7) is 9.98. The lowest BCUT2D eigenvalue weighted by atomic mass is 10.0. The Kier molecular flexibility index (Phi) is 3.20. The summed E-state index contributed by atoms with van der Waals surface area (Å²) in [6.07, 6.45) is 1.12.